The summed E-state index contributed by atoms with van der Waals surface area (Å²) in [4.78, 5) is 26.5. The molecule has 202 valence electrons. The van der Waals surface area contributed by atoms with Crippen LogP contribution in [0.4, 0.5) is 14.0 Å². The quantitative estimate of drug-likeness (QED) is 0.397. The van der Waals surface area contributed by atoms with Crippen LogP contribution in [-0.2, 0) is 14.2 Å². The first kappa shape index (κ1) is 28.1. The molecule has 10 heteroatoms. The number of hydrogen-bond donors (Lipinski definition) is 3. The highest BCUT2D eigenvalue weighted by Crippen LogP contribution is 2.33. The number of halogens is 1. The lowest BCUT2D eigenvalue weighted by Crippen LogP contribution is -2.52. The van der Waals surface area contributed by atoms with Crippen LogP contribution < -0.4 is 16.0 Å². The van der Waals surface area contributed by atoms with Crippen LogP contribution in [0.5, 0.6) is 0 Å². The summed E-state index contributed by atoms with van der Waals surface area (Å²) < 4.78 is 30.2. The molecular weight excluding hydrogens is 467 g/mol. The van der Waals surface area contributed by atoms with Gasteiger partial charge in [0.2, 0.25) is 0 Å². The van der Waals surface area contributed by atoms with E-state index in [1.54, 1.807) is 6.07 Å². The number of ether oxygens (including phenoxy) is 3. The fourth-order valence-electron chi connectivity index (χ4n) is 5.13. The molecule has 0 aliphatic carbocycles. The van der Waals surface area contributed by atoms with Crippen molar-refractivity contribution in [2.24, 2.45) is 11.8 Å². The third-order valence-electron chi connectivity index (χ3n) is 6.94. The summed E-state index contributed by atoms with van der Waals surface area (Å²) in [5.41, 5.74) is 0.730. The number of piperidine rings is 1. The van der Waals surface area contributed by atoms with Gasteiger partial charge < -0.3 is 35.1 Å². The summed E-state index contributed by atoms with van der Waals surface area (Å²) in [6.45, 7) is 3.99. The number of amides is 3. The second-order valence-electron chi connectivity index (χ2n) is 9.61. The third-order valence-corrected chi connectivity index (χ3v) is 6.94. The van der Waals surface area contributed by atoms with Crippen molar-refractivity contribution in [2.45, 2.75) is 44.2 Å². The number of urea groups is 1. The molecule has 9 nitrogen and oxygen atoms in total. The van der Waals surface area contributed by atoms with Crippen LogP contribution in [0.3, 0.4) is 0 Å². The number of hydrogen-bond acceptors (Lipinski definition) is 6. The molecule has 2 aliphatic heterocycles. The fourth-order valence-corrected chi connectivity index (χ4v) is 5.13. The highest BCUT2D eigenvalue weighted by Gasteiger charge is 2.32. The molecule has 1 aromatic rings. The number of rotatable bonds is 11. The van der Waals surface area contributed by atoms with Gasteiger partial charge in [0.25, 0.3) is 0 Å². The van der Waals surface area contributed by atoms with Crippen LogP contribution in [-0.4, -0.2) is 83.2 Å². The van der Waals surface area contributed by atoms with Gasteiger partial charge in [-0.3, -0.25) is 0 Å². The van der Waals surface area contributed by atoms with Gasteiger partial charge >= 0.3 is 12.1 Å². The summed E-state index contributed by atoms with van der Waals surface area (Å²) in [6.07, 6.45) is 3.75. The molecule has 2 saturated heterocycles. The molecule has 1 unspecified atom stereocenters. The van der Waals surface area contributed by atoms with Gasteiger partial charge in [-0.25, -0.2) is 14.0 Å². The Kier molecular flexibility index (Phi) is 11.7. The minimum Gasteiger partial charge on any atom is -0.453 e. The van der Waals surface area contributed by atoms with Gasteiger partial charge in [0.1, 0.15) is 5.82 Å². The Bertz CT molecular complexity index is 823. The molecule has 0 spiro atoms. The molecule has 3 rings (SSSR count). The molecule has 3 amide bonds. The van der Waals surface area contributed by atoms with Gasteiger partial charge in [0.15, 0.2) is 0 Å². The van der Waals surface area contributed by atoms with E-state index in [1.165, 1.54) is 19.2 Å². The van der Waals surface area contributed by atoms with Crippen molar-refractivity contribution in [3.8, 4) is 0 Å². The number of methoxy groups -OCH3 is 1. The monoisotopic (exact) mass is 508 g/mol. The van der Waals surface area contributed by atoms with Gasteiger partial charge in [-0.15, -0.1) is 0 Å². The molecule has 36 heavy (non-hydrogen) atoms. The molecule has 0 radical (unpaired) electrons. The molecule has 2 heterocycles. The SMILES string of the molecule is CNC[C@H](CC1CCOCC1)NC(=O)N1CCC[C@@H](C(OCCNC(=O)OC)c2cccc(F)c2)C1. The number of nitrogens with one attached hydrogen (secondary N) is 3. The molecule has 0 saturated carbocycles. The van der Waals surface area contributed by atoms with Crippen LogP contribution in [0.2, 0.25) is 0 Å². The van der Waals surface area contributed by atoms with E-state index in [0.29, 0.717) is 25.6 Å². The van der Waals surface area contributed by atoms with Gasteiger partial charge in [-0.2, -0.15) is 0 Å². The topological polar surface area (TPSA) is 101 Å². The normalized spacial score (nSPS) is 20.4. The van der Waals surface area contributed by atoms with Gasteiger partial charge in [-0.05, 0) is 62.8 Å². The van der Waals surface area contributed by atoms with Crippen LogP contribution in [0.25, 0.3) is 0 Å². The molecular formula is C26H41FN4O5. The fraction of sp³-hybridized carbons (Fsp3) is 0.692. The van der Waals surface area contributed by atoms with E-state index in [0.717, 1.165) is 50.9 Å². The standard InChI is InChI=1S/C26H41FN4O5/c1-28-17-23(15-19-8-12-35-13-9-19)30-25(32)31-11-4-6-21(18-31)24(20-5-3-7-22(27)16-20)36-14-10-29-26(33)34-2/h3,5,7,16,19,21,23-24,28H,4,6,8-15,17-18H2,1-2H3,(H,29,33)(H,30,32)/t21-,23+,24?/m1/s1. The summed E-state index contributed by atoms with van der Waals surface area (Å²) in [5.74, 6) is 0.223. The van der Waals surface area contributed by atoms with Crippen molar-refractivity contribution < 1.29 is 28.2 Å². The van der Waals surface area contributed by atoms with Gasteiger partial charge in [-0.1, -0.05) is 12.1 Å². The van der Waals surface area contributed by atoms with Crippen molar-refractivity contribution >= 4 is 12.1 Å². The summed E-state index contributed by atoms with van der Waals surface area (Å²) in [7, 11) is 3.20. The Morgan fingerprint density at radius 3 is 2.78 bits per heavy atom. The molecule has 3 atom stereocenters. The number of carbonyl (C=O) groups excluding carboxylic acids is 2. The minimum atomic E-state index is -0.529. The molecule has 2 fully saturated rings. The van der Waals surface area contributed by atoms with E-state index >= 15 is 0 Å². The van der Waals surface area contributed by atoms with Gasteiger partial charge in [0.05, 0.1) is 19.8 Å². The summed E-state index contributed by atoms with van der Waals surface area (Å²) >= 11 is 0. The lowest BCUT2D eigenvalue weighted by molar-refractivity contribution is -0.00884. The van der Waals surface area contributed by atoms with Crippen molar-refractivity contribution in [1.29, 1.82) is 0 Å². The van der Waals surface area contributed by atoms with Crippen molar-refractivity contribution in [3.63, 3.8) is 0 Å². The number of carbonyl (C=O) groups is 2. The molecule has 3 N–H and O–H groups in total. The first-order chi connectivity index (χ1) is 17.5. The average molecular weight is 509 g/mol. The number of likely N-dealkylation sites (tertiary alicyclic amines) is 1. The molecule has 1 aromatic carbocycles. The number of nitrogens with zero attached hydrogens (tertiary/aromatic N) is 1. The van der Waals surface area contributed by atoms with Crippen molar-refractivity contribution in [2.75, 3.05) is 60.2 Å². The Balaban J connectivity index is 1.62. The molecule has 0 bridgehead atoms. The van der Waals surface area contributed by atoms with Gasteiger partial charge in [0, 0.05) is 51.4 Å². The van der Waals surface area contributed by atoms with E-state index in [9.17, 15) is 14.0 Å². The molecule has 0 aromatic heterocycles. The predicted molar refractivity (Wildman–Crippen MR) is 134 cm³/mol. The van der Waals surface area contributed by atoms with Crippen molar-refractivity contribution in [3.05, 3.63) is 35.6 Å². The van der Waals surface area contributed by atoms with Crippen LogP contribution in [0.1, 0.15) is 43.8 Å². The second-order valence-corrected chi connectivity index (χ2v) is 9.61. The molecule has 2 aliphatic rings. The van der Waals surface area contributed by atoms with Crippen molar-refractivity contribution in [1.82, 2.24) is 20.9 Å². The maximum absolute atomic E-state index is 14.0. The summed E-state index contributed by atoms with van der Waals surface area (Å²) in [6, 6.07) is 6.37. The zero-order valence-corrected chi connectivity index (χ0v) is 21.5. The number of likely N-dealkylation sites (N-methyl/N-ethyl adjacent to an activating group) is 1. The zero-order valence-electron chi connectivity index (χ0n) is 21.5. The number of benzene rings is 1. The lowest BCUT2D eigenvalue weighted by atomic mass is 9.88. The van der Waals surface area contributed by atoms with E-state index in [2.05, 4.69) is 20.7 Å². The van der Waals surface area contributed by atoms with Crippen LogP contribution >= 0.6 is 0 Å². The first-order valence-corrected chi connectivity index (χ1v) is 13.0. The Hall–Kier alpha value is -2.43. The van der Waals surface area contributed by atoms with Crippen LogP contribution in [0.15, 0.2) is 24.3 Å². The smallest absolute Gasteiger partial charge is 0.406 e. The largest absolute Gasteiger partial charge is 0.453 e. The zero-order chi connectivity index (χ0) is 25.8. The Labute approximate surface area is 213 Å². The lowest BCUT2D eigenvalue weighted by Gasteiger charge is -2.38. The average Bonchev–Trinajstić information content (AvgIpc) is 2.89. The highest BCUT2D eigenvalue weighted by molar-refractivity contribution is 5.74. The van der Waals surface area contributed by atoms with E-state index in [1.807, 2.05) is 18.0 Å². The van der Waals surface area contributed by atoms with E-state index in [4.69, 9.17) is 9.47 Å². The minimum absolute atomic E-state index is 0.00247. The number of alkyl carbamates (subject to hydrolysis) is 1. The Morgan fingerprint density at radius 1 is 1.25 bits per heavy atom. The van der Waals surface area contributed by atoms with E-state index in [-0.39, 0.29) is 37.0 Å². The summed E-state index contributed by atoms with van der Waals surface area (Å²) in [5, 5.41) is 9.04. The van der Waals surface area contributed by atoms with E-state index < -0.39 is 12.2 Å². The highest BCUT2D eigenvalue weighted by atomic mass is 19.1. The van der Waals surface area contributed by atoms with Crippen LogP contribution in [0, 0.1) is 17.7 Å². The maximum Gasteiger partial charge on any atom is 0.406 e. The third kappa shape index (κ3) is 8.90. The first-order valence-electron chi connectivity index (χ1n) is 13.0. The second kappa shape index (κ2) is 15.0. The predicted octanol–water partition coefficient (Wildman–Crippen LogP) is 3.07. The maximum atomic E-state index is 14.0. The Morgan fingerprint density at radius 2 is 2.06 bits per heavy atom.